The maximum Gasteiger partial charge on any atom is 0.253 e. The topological polar surface area (TPSA) is 80.1 Å². The lowest BCUT2D eigenvalue weighted by Crippen LogP contribution is -2.32. The van der Waals surface area contributed by atoms with Crippen LogP contribution in [0.4, 0.5) is 0 Å². The minimum absolute atomic E-state index is 0.0140. The number of aryl methyl sites for hydroxylation is 2. The fraction of sp³-hybridized carbons (Fsp3) is 0.333. The van der Waals surface area contributed by atoms with E-state index >= 15 is 0 Å². The summed E-state index contributed by atoms with van der Waals surface area (Å²) >= 11 is 1.34. The first kappa shape index (κ1) is 23.5. The molecule has 2 aromatic carbocycles. The predicted octanol–water partition coefficient (Wildman–Crippen LogP) is 3.77. The van der Waals surface area contributed by atoms with Crippen LogP contribution in [0.25, 0.3) is 5.69 Å². The molecule has 1 heterocycles. The van der Waals surface area contributed by atoms with Crippen molar-refractivity contribution in [1.29, 1.82) is 0 Å². The quantitative estimate of drug-likeness (QED) is 0.528. The molecule has 1 aromatic heterocycles. The molecule has 1 N–H and O–H groups in total. The Morgan fingerprint density at radius 2 is 1.81 bits per heavy atom. The number of thioether (sulfide) groups is 1. The van der Waals surface area contributed by atoms with Crippen LogP contribution in [0.2, 0.25) is 0 Å². The Bertz CT molecular complexity index is 1090. The number of amides is 2. The van der Waals surface area contributed by atoms with Gasteiger partial charge in [-0.2, -0.15) is 0 Å². The van der Waals surface area contributed by atoms with Gasteiger partial charge in [0, 0.05) is 30.9 Å². The highest BCUT2D eigenvalue weighted by Crippen LogP contribution is 2.21. The maximum absolute atomic E-state index is 12.4. The van der Waals surface area contributed by atoms with Gasteiger partial charge in [-0.05, 0) is 68.7 Å². The van der Waals surface area contributed by atoms with Crippen LogP contribution in [0, 0.1) is 13.8 Å². The van der Waals surface area contributed by atoms with Crippen molar-refractivity contribution >= 4 is 23.6 Å². The molecular formula is C24H29N5O2S. The van der Waals surface area contributed by atoms with Gasteiger partial charge in [0.2, 0.25) is 5.91 Å². The number of rotatable bonds is 8. The smallest absolute Gasteiger partial charge is 0.253 e. The first-order chi connectivity index (χ1) is 15.3. The third-order valence-electron chi connectivity index (χ3n) is 5.40. The zero-order chi connectivity index (χ0) is 23.3. The lowest BCUT2D eigenvalue weighted by atomic mass is 10.1. The maximum atomic E-state index is 12.4. The van der Waals surface area contributed by atoms with Crippen LogP contribution in [-0.2, 0) is 11.3 Å². The minimum atomic E-state index is -0.0932. The summed E-state index contributed by atoms with van der Waals surface area (Å²) in [7, 11) is 1.79. The zero-order valence-electron chi connectivity index (χ0n) is 19.1. The molecule has 0 saturated heterocycles. The van der Waals surface area contributed by atoms with Gasteiger partial charge in [0.05, 0.1) is 5.75 Å². The average Bonchev–Trinajstić information content (AvgIpc) is 3.26. The number of aromatic nitrogens is 3. The first-order valence-corrected chi connectivity index (χ1v) is 11.5. The summed E-state index contributed by atoms with van der Waals surface area (Å²) in [6.07, 6.45) is 1.66. The van der Waals surface area contributed by atoms with Gasteiger partial charge in [-0.25, -0.2) is 0 Å². The van der Waals surface area contributed by atoms with E-state index in [2.05, 4.69) is 41.5 Å². The van der Waals surface area contributed by atoms with Crippen LogP contribution in [0.3, 0.4) is 0 Å². The van der Waals surface area contributed by atoms with Crippen molar-refractivity contribution in [1.82, 2.24) is 25.0 Å². The Labute approximate surface area is 193 Å². The van der Waals surface area contributed by atoms with Gasteiger partial charge in [0.15, 0.2) is 5.16 Å². The third-order valence-corrected chi connectivity index (χ3v) is 6.35. The van der Waals surface area contributed by atoms with E-state index in [1.54, 1.807) is 30.4 Å². The molecule has 0 bridgehead atoms. The standard InChI is InChI=1S/C24H29N5O2S/c1-16(2)28(5)23(31)20-9-7-19(8-10-20)13-25-22(30)14-32-24-27-26-15-29(24)21-11-6-17(3)18(4)12-21/h6-12,15-16H,13-14H2,1-5H3,(H,25,30). The minimum Gasteiger partial charge on any atom is -0.351 e. The summed E-state index contributed by atoms with van der Waals surface area (Å²) in [6, 6.07) is 13.6. The van der Waals surface area contributed by atoms with Crippen LogP contribution in [0.1, 0.15) is 40.9 Å². The fourth-order valence-corrected chi connectivity index (χ4v) is 3.72. The van der Waals surface area contributed by atoms with Crippen LogP contribution in [-0.4, -0.2) is 50.3 Å². The molecule has 0 aliphatic rings. The van der Waals surface area contributed by atoms with Gasteiger partial charge in [0.25, 0.3) is 5.91 Å². The van der Waals surface area contributed by atoms with Crippen molar-refractivity contribution in [3.05, 3.63) is 71.0 Å². The Morgan fingerprint density at radius 3 is 2.47 bits per heavy atom. The molecule has 7 nitrogen and oxygen atoms in total. The van der Waals surface area contributed by atoms with Crippen molar-refractivity contribution in [2.24, 2.45) is 0 Å². The molecule has 0 aliphatic carbocycles. The molecule has 32 heavy (non-hydrogen) atoms. The molecule has 0 atom stereocenters. The van der Waals surface area contributed by atoms with Crippen LogP contribution >= 0.6 is 11.8 Å². The van der Waals surface area contributed by atoms with E-state index in [0.29, 0.717) is 17.3 Å². The first-order valence-electron chi connectivity index (χ1n) is 10.5. The van der Waals surface area contributed by atoms with Gasteiger partial charge in [0.1, 0.15) is 6.33 Å². The normalized spacial score (nSPS) is 10.9. The van der Waals surface area contributed by atoms with Crippen LogP contribution in [0.15, 0.2) is 53.9 Å². The van der Waals surface area contributed by atoms with Crippen LogP contribution < -0.4 is 5.32 Å². The van der Waals surface area contributed by atoms with Crippen molar-refractivity contribution in [2.75, 3.05) is 12.8 Å². The van der Waals surface area contributed by atoms with E-state index in [9.17, 15) is 9.59 Å². The summed E-state index contributed by atoms with van der Waals surface area (Å²) in [5.74, 6) is 0.128. The fourth-order valence-electron chi connectivity index (χ4n) is 2.96. The Morgan fingerprint density at radius 1 is 1.09 bits per heavy atom. The lowest BCUT2D eigenvalue weighted by Gasteiger charge is -2.21. The van der Waals surface area contributed by atoms with E-state index < -0.39 is 0 Å². The van der Waals surface area contributed by atoms with Crippen molar-refractivity contribution in [3.63, 3.8) is 0 Å². The molecule has 0 radical (unpaired) electrons. The summed E-state index contributed by atoms with van der Waals surface area (Å²) in [4.78, 5) is 26.4. The molecule has 0 unspecified atom stereocenters. The van der Waals surface area contributed by atoms with E-state index in [4.69, 9.17) is 0 Å². The molecule has 0 fully saturated rings. The number of nitrogens with zero attached hydrogens (tertiary/aromatic N) is 4. The van der Waals surface area contributed by atoms with Crippen molar-refractivity contribution < 1.29 is 9.59 Å². The number of hydrogen-bond donors (Lipinski definition) is 1. The highest BCUT2D eigenvalue weighted by Gasteiger charge is 2.14. The van der Waals surface area contributed by atoms with Crippen molar-refractivity contribution in [3.8, 4) is 5.69 Å². The van der Waals surface area contributed by atoms with E-state index in [0.717, 1.165) is 11.3 Å². The van der Waals surface area contributed by atoms with Gasteiger partial charge < -0.3 is 10.2 Å². The van der Waals surface area contributed by atoms with Crippen molar-refractivity contribution in [2.45, 2.75) is 45.4 Å². The SMILES string of the molecule is Cc1ccc(-n2cnnc2SCC(=O)NCc2ccc(C(=O)N(C)C(C)C)cc2)cc1C. The second kappa shape index (κ2) is 10.5. The Hall–Kier alpha value is -3.13. The summed E-state index contributed by atoms with van der Waals surface area (Å²) in [6.45, 7) is 8.49. The summed E-state index contributed by atoms with van der Waals surface area (Å²) in [5, 5.41) is 11.7. The average molecular weight is 452 g/mol. The zero-order valence-corrected chi connectivity index (χ0v) is 19.9. The highest BCUT2D eigenvalue weighted by atomic mass is 32.2. The lowest BCUT2D eigenvalue weighted by molar-refractivity contribution is -0.118. The Balaban J connectivity index is 1.53. The Kier molecular flexibility index (Phi) is 7.69. The highest BCUT2D eigenvalue weighted by molar-refractivity contribution is 7.99. The number of carbonyl (C=O) groups is 2. The molecule has 0 aliphatic heterocycles. The largest absolute Gasteiger partial charge is 0.351 e. The second-order valence-corrected chi connectivity index (χ2v) is 8.97. The number of carbonyl (C=O) groups excluding carboxylic acids is 2. The van der Waals surface area contributed by atoms with Gasteiger partial charge in [-0.15, -0.1) is 10.2 Å². The second-order valence-electron chi connectivity index (χ2n) is 8.02. The molecule has 0 spiro atoms. The molecule has 3 rings (SSSR count). The van der Waals surface area contributed by atoms with E-state index in [-0.39, 0.29) is 23.6 Å². The van der Waals surface area contributed by atoms with E-state index in [1.165, 1.54) is 22.9 Å². The number of nitrogens with one attached hydrogen (secondary N) is 1. The predicted molar refractivity (Wildman–Crippen MR) is 127 cm³/mol. The molecule has 0 saturated carbocycles. The molecule has 3 aromatic rings. The van der Waals surface area contributed by atoms with Gasteiger partial charge in [-0.1, -0.05) is 30.0 Å². The third kappa shape index (κ3) is 5.76. The molecule has 168 valence electrons. The van der Waals surface area contributed by atoms with E-state index in [1.807, 2.05) is 36.6 Å². The molecular weight excluding hydrogens is 422 g/mol. The molecule has 2 amide bonds. The summed E-state index contributed by atoms with van der Waals surface area (Å²) < 4.78 is 1.88. The van der Waals surface area contributed by atoms with Crippen LogP contribution in [0.5, 0.6) is 0 Å². The molecule has 8 heteroatoms. The van der Waals surface area contributed by atoms with Gasteiger partial charge in [-0.3, -0.25) is 14.2 Å². The number of hydrogen-bond acceptors (Lipinski definition) is 5. The number of benzene rings is 2. The summed E-state index contributed by atoms with van der Waals surface area (Å²) in [5.41, 5.74) is 4.95. The monoisotopic (exact) mass is 451 g/mol. The van der Waals surface area contributed by atoms with Gasteiger partial charge >= 0.3 is 0 Å².